The van der Waals surface area contributed by atoms with Gasteiger partial charge >= 0.3 is 0 Å². The third-order valence-corrected chi connectivity index (χ3v) is 3.42. The van der Waals surface area contributed by atoms with E-state index in [1.54, 1.807) is 25.3 Å². The lowest BCUT2D eigenvalue weighted by Crippen LogP contribution is -1.91. The summed E-state index contributed by atoms with van der Waals surface area (Å²) in [5.74, 6) is -0.225. The number of fused-ring (bicyclic) bond motifs is 1. The molecule has 3 aromatic rings. The van der Waals surface area contributed by atoms with Crippen LogP contribution in [0.1, 0.15) is 21.5 Å². The van der Waals surface area contributed by atoms with Crippen LogP contribution in [0.5, 0.6) is 0 Å². The van der Waals surface area contributed by atoms with Gasteiger partial charge in [-0.15, -0.1) is 0 Å². The zero-order chi connectivity index (χ0) is 14.3. The van der Waals surface area contributed by atoms with Crippen molar-refractivity contribution >= 4 is 11.9 Å². The van der Waals surface area contributed by atoms with Gasteiger partial charge in [0.1, 0.15) is 11.5 Å². The Kier molecular flexibility index (Phi) is 2.86. The minimum Gasteiger partial charge on any atom is -0.306 e. The van der Waals surface area contributed by atoms with Gasteiger partial charge in [0.25, 0.3) is 0 Å². The first-order valence-corrected chi connectivity index (χ1v) is 6.29. The molecule has 1 aromatic carbocycles. The Morgan fingerprint density at radius 2 is 1.95 bits per heavy atom. The molecular formula is C16H13FN2O. The zero-order valence-corrected chi connectivity index (χ0v) is 11.2. The van der Waals surface area contributed by atoms with E-state index in [1.165, 1.54) is 6.07 Å². The van der Waals surface area contributed by atoms with E-state index >= 15 is 0 Å². The number of halogens is 1. The first-order chi connectivity index (χ1) is 9.58. The summed E-state index contributed by atoms with van der Waals surface area (Å²) < 4.78 is 15.1. The van der Waals surface area contributed by atoms with Crippen molar-refractivity contribution < 1.29 is 9.18 Å². The number of hydrogen-bond donors (Lipinski definition) is 0. The highest BCUT2D eigenvalue weighted by Crippen LogP contribution is 2.22. The Balaban J connectivity index is 2.17. The minimum atomic E-state index is -0.225. The topological polar surface area (TPSA) is 34.4 Å². The first-order valence-electron chi connectivity index (χ1n) is 6.29. The summed E-state index contributed by atoms with van der Waals surface area (Å²) in [7, 11) is 0. The van der Waals surface area contributed by atoms with Crippen LogP contribution < -0.4 is 0 Å². The quantitative estimate of drug-likeness (QED) is 0.666. The molecule has 0 fully saturated rings. The lowest BCUT2D eigenvalue weighted by atomic mass is 10.1. The first kappa shape index (κ1) is 12.5. The molecule has 3 nitrogen and oxygen atoms in total. The summed E-state index contributed by atoms with van der Waals surface area (Å²) in [4.78, 5) is 15.5. The summed E-state index contributed by atoms with van der Waals surface area (Å²) in [6.45, 7) is 3.60. The highest BCUT2D eigenvalue weighted by Gasteiger charge is 2.08. The second-order valence-electron chi connectivity index (χ2n) is 4.89. The highest BCUT2D eigenvalue weighted by atomic mass is 19.1. The van der Waals surface area contributed by atoms with Gasteiger partial charge in [-0.1, -0.05) is 0 Å². The number of aldehydes is 1. The van der Waals surface area contributed by atoms with Gasteiger partial charge in [0.15, 0.2) is 6.29 Å². The molecule has 0 aliphatic rings. The van der Waals surface area contributed by atoms with Crippen LogP contribution in [-0.4, -0.2) is 15.7 Å². The normalized spacial score (nSPS) is 10.9. The van der Waals surface area contributed by atoms with Crippen LogP contribution in [0.4, 0.5) is 4.39 Å². The smallest absolute Gasteiger partial charge is 0.151 e. The van der Waals surface area contributed by atoms with Crippen LogP contribution in [0, 0.1) is 19.7 Å². The molecule has 4 heteroatoms. The maximum absolute atomic E-state index is 13.3. The number of hydrogen-bond acceptors (Lipinski definition) is 2. The summed E-state index contributed by atoms with van der Waals surface area (Å²) in [5, 5.41) is 0. The van der Waals surface area contributed by atoms with Crippen molar-refractivity contribution in [3.63, 3.8) is 0 Å². The van der Waals surface area contributed by atoms with Gasteiger partial charge in [0.2, 0.25) is 0 Å². The maximum atomic E-state index is 13.3. The number of aryl methyl sites for hydroxylation is 2. The second-order valence-corrected chi connectivity index (χ2v) is 4.89. The SMILES string of the molecule is Cc1cc(-c2cn3cc(C=O)c(C)cc3n2)ccc1F. The van der Waals surface area contributed by atoms with Crippen molar-refractivity contribution in [1.82, 2.24) is 9.38 Å². The molecule has 0 aliphatic heterocycles. The fourth-order valence-electron chi connectivity index (χ4n) is 2.21. The number of nitrogens with zero attached hydrogens (tertiary/aromatic N) is 2. The van der Waals surface area contributed by atoms with Crippen LogP contribution in [0.3, 0.4) is 0 Å². The van der Waals surface area contributed by atoms with Gasteiger partial charge in [-0.05, 0) is 49.2 Å². The predicted octanol–water partition coefficient (Wildman–Crippen LogP) is 3.57. The van der Waals surface area contributed by atoms with Crippen molar-refractivity contribution in [2.24, 2.45) is 0 Å². The van der Waals surface area contributed by atoms with Gasteiger partial charge in [-0.3, -0.25) is 4.79 Å². The van der Waals surface area contributed by atoms with Crippen LogP contribution in [0.15, 0.2) is 36.7 Å². The Hall–Kier alpha value is -2.49. The van der Waals surface area contributed by atoms with E-state index < -0.39 is 0 Å². The Morgan fingerprint density at radius 1 is 1.15 bits per heavy atom. The van der Waals surface area contributed by atoms with E-state index in [9.17, 15) is 9.18 Å². The van der Waals surface area contributed by atoms with Crippen LogP contribution >= 0.6 is 0 Å². The lowest BCUT2D eigenvalue weighted by molar-refractivity contribution is 0.112. The fourth-order valence-corrected chi connectivity index (χ4v) is 2.21. The van der Waals surface area contributed by atoms with E-state index in [0.717, 1.165) is 28.8 Å². The molecule has 0 radical (unpaired) electrons. The monoisotopic (exact) mass is 268 g/mol. The molecule has 0 N–H and O–H groups in total. The Morgan fingerprint density at radius 3 is 2.65 bits per heavy atom. The molecule has 0 atom stereocenters. The Bertz CT molecular complexity index is 821. The molecule has 20 heavy (non-hydrogen) atoms. The molecular weight excluding hydrogens is 255 g/mol. The number of carbonyl (C=O) groups excluding carboxylic acids is 1. The van der Waals surface area contributed by atoms with Gasteiger partial charge in [-0.25, -0.2) is 9.37 Å². The molecule has 100 valence electrons. The highest BCUT2D eigenvalue weighted by molar-refractivity contribution is 5.78. The molecule has 0 bridgehead atoms. The molecule has 0 spiro atoms. The van der Waals surface area contributed by atoms with Crippen LogP contribution in [0.2, 0.25) is 0 Å². The average molecular weight is 268 g/mol. The van der Waals surface area contributed by atoms with Crippen molar-refractivity contribution in [1.29, 1.82) is 0 Å². The number of rotatable bonds is 2. The average Bonchev–Trinajstić information content (AvgIpc) is 2.83. The van der Waals surface area contributed by atoms with Gasteiger partial charge in [0.05, 0.1) is 5.69 Å². The fraction of sp³-hybridized carbons (Fsp3) is 0.125. The zero-order valence-electron chi connectivity index (χ0n) is 11.2. The largest absolute Gasteiger partial charge is 0.306 e. The van der Waals surface area contributed by atoms with Gasteiger partial charge in [0, 0.05) is 23.5 Å². The Labute approximate surface area is 115 Å². The van der Waals surface area contributed by atoms with Crippen molar-refractivity contribution in [3.8, 4) is 11.3 Å². The second kappa shape index (κ2) is 4.56. The standard InChI is InChI=1S/C16H13FN2O/c1-10-6-16-18-15(8-19(16)7-13(10)9-20)12-3-4-14(17)11(2)5-12/h3-9H,1-2H3. The third-order valence-electron chi connectivity index (χ3n) is 3.42. The van der Waals surface area contributed by atoms with E-state index in [4.69, 9.17) is 0 Å². The van der Waals surface area contributed by atoms with Crippen molar-refractivity contribution in [2.75, 3.05) is 0 Å². The number of benzene rings is 1. The van der Waals surface area contributed by atoms with Crippen LogP contribution in [-0.2, 0) is 0 Å². The summed E-state index contributed by atoms with van der Waals surface area (Å²) in [5.41, 5.74) is 4.50. The molecule has 3 rings (SSSR count). The van der Waals surface area contributed by atoms with Gasteiger partial charge in [-0.2, -0.15) is 0 Å². The lowest BCUT2D eigenvalue weighted by Gasteiger charge is -1.99. The molecule has 0 saturated carbocycles. The molecule has 2 heterocycles. The van der Waals surface area contributed by atoms with Crippen LogP contribution in [0.25, 0.3) is 16.9 Å². The molecule has 0 unspecified atom stereocenters. The summed E-state index contributed by atoms with van der Waals surface area (Å²) >= 11 is 0. The number of imidazole rings is 1. The number of carbonyl (C=O) groups is 1. The van der Waals surface area contributed by atoms with Gasteiger partial charge < -0.3 is 4.40 Å². The van der Waals surface area contributed by atoms with Crippen molar-refractivity contribution in [2.45, 2.75) is 13.8 Å². The van der Waals surface area contributed by atoms with E-state index in [1.807, 2.05) is 23.6 Å². The molecule has 0 amide bonds. The molecule has 2 aromatic heterocycles. The summed E-state index contributed by atoms with van der Waals surface area (Å²) in [6.07, 6.45) is 4.43. The molecule has 0 saturated heterocycles. The van der Waals surface area contributed by atoms with E-state index in [2.05, 4.69) is 4.98 Å². The predicted molar refractivity (Wildman–Crippen MR) is 75.4 cm³/mol. The van der Waals surface area contributed by atoms with E-state index in [0.29, 0.717) is 11.1 Å². The van der Waals surface area contributed by atoms with Crippen molar-refractivity contribution in [3.05, 3.63) is 59.2 Å². The summed E-state index contributed by atoms with van der Waals surface area (Å²) in [6, 6.07) is 6.78. The minimum absolute atomic E-state index is 0.225. The number of aromatic nitrogens is 2. The third kappa shape index (κ3) is 1.99. The maximum Gasteiger partial charge on any atom is 0.151 e. The number of pyridine rings is 1. The van der Waals surface area contributed by atoms with E-state index in [-0.39, 0.29) is 5.82 Å². The molecule has 0 aliphatic carbocycles.